The number of aromatic nitrogens is 2. The van der Waals surface area contributed by atoms with Gasteiger partial charge in [0.1, 0.15) is 5.69 Å². The topological polar surface area (TPSA) is 48.6 Å². The molecule has 0 saturated heterocycles. The molecule has 7 heteroatoms. The molecule has 19 heavy (non-hydrogen) atoms. The Morgan fingerprint density at radius 1 is 1.16 bits per heavy atom. The Kier molecular flexibility index (Phi) is 3.75. The monoisotopic (exact) mass is 288 g/mol. The number of thioether (sulfide) groups is 1. The largest absolute Gasteiger partial charge is 0.433 e. The van der Waals surface area contributed by atoms with E-state index < -0.39 is 17.4 Å². The van der Waals surface area contributed by atoms with Crippen molar-refractivity contribution in [1.82, 2.24) is 10.2 Å². The van der Waals surface area contributed by atoms with Crippen LogP contribution in [0.4, 0.5) is 13.2 Å². The summed E-state index contributed by atoms with van der Waals surface area (Å²) in [6, 6.07) is 7.07. The average molecular weight is 288 g/mol. The van der Waals surface area contributed by atoms with Crippen LogP contribution < -0.4 is 5.56 Å². The van der Waals surface area contributed by atoms with Gasteiger partial charge in [0.25, 0.3) is 5.56 Å². The Morgan fingerprint density at radius 2 is 1.79 bits per heavy atom. The molecular weight excluding hydrogens is 277 g/mol. The van der Waals surface area contributed by atoms with Crippen LogP contribution in [0.15, 0.2) is 34.0 Å². The first-order valence-corrected chi connectivity index (χ1v) is 6.64. The van der Waals surface area contributed by atoms with Crippen LogP contribution >= 0.6 is 11.8 Å². The molecule has 2 aromatic rings. The van der Waals surface area contributed by atoms with Gasteiger partial charge in [-0.25, -0.2) is 0 Å². The van der Waals surface area contributed by atoms with Gasteiger partial charge in [-0.05, 0) is 24.0 Å². The fourth-order valence-corrected chi connectivity index (χ4v) is 2.15. The number of hydrogen-bond acceptors (Lipinski definition) is 2. The van der Waals surface area contributed by atoms with E-state index in [0.717, 1.165) is 4.90 Å². The van der Waals surface area contributed by atoms with Crippen molar-refractivity contribution >= 4 is 11.8 Å². The molecule has 2 N–H and O–H groups in total. The Bertz CT molecular complexity index is 613. The smallest absolute Gasteiger partial charge is 0.293 e. The van der Waals surface area contributed by atoms with Gasteiger partial charge < -0.3 is 0 Å². The molecule has 0 aliphatic carbocycles. The van der Waals surface area contributed by atoms with Gasteiger partial charge in [0.15, 0.2) is 0 Å². The molecule has 102 valence electrons. The van der Waals surface area contributed by atoms with Gasteiger partial charge in [0.2, 0.25) is 0 Å². The van der Waals surface area contributed by atoms with E-state index in [1.165, 1.54) is 0 Å². The fraction of sp³-hybridized carbons (Fsp3) is 0.250. The van der Waals surface area contributed by atoms with Crippen LogP contribution in [0, 0.1) is 0 Å². The van der Waals surface area contributed by atoms with Crippen molar-refractivity contribution in [2.75, 3.05) is 6.26 Å². The van der Waals surface area contributed by atoms with Crippen LogP contribution in [-0.2, 0) is 12.6 Å². The number of benzene rings is 1. The van der Waals surface area contributed by atoms with E-state index in [2.05, 4.69) is 0 Å². The molecule has 0 saturated carbocycles. The minimum absolute atomic E-state index is 0.0532. The first-order valence-electron chi connectivity index (χ1n) is 5.41. The van der Waals surface area contributed by atoms with Crippen LogP contribution in [0.3, 0.4) is 0 Å². The molecule has 1 aromatic carbocycles. The van der Waals surface area contributed by atoms with E-state index in [1.54, 1.807) is 23.9 Å². The number of rotatable bonds is 3. The number of H-pyrrole nitrogens is 2. The Labute approximate surface area is 111 Å². The number of nitrogens with one attached hydrogen (secondary N) is 2. The molecule has 0 bridgehead atoms. The van der Waals surface area contributed by atoms with Gasteiger partial charge in [-0.3, -0.25) is 15.0 Å². The predicted molar refractivity (Wildman–Crippen MR) is 67.4 cm³/mol. The van der Waals surface area contributed by atoms with E-state index in [1.807, 2.05) is 28.6 Å². The minimum atomic E-state index is -4.56. The molecule has 0 atom stereocenters. The molecule has 0 unspecified atom stereocenters. The average Bonchev–Trinajstić information content (AvgIpc) is 2.72. The molecule has 0 aliphatic heterocycles. The third-order valence-electron chi connectivity index (χ3n) is 2.70. The maximum Gasteiger partial charge on any atom is 0.433 e. The summed E-state index contributed by atoms with van der Waals surface area (Å²) in [6.45, 7) is 0. The van der Waals surface area contributed by atoms with Crippen molar-refractivity contribution in [3.63, 3.8) is 0 Å². The summed E-state index contributed by atoms with van der Waals surface area (Å²) in [5.74, 6) is 0. The van der Waals surface area contributed by atoms with Crippen LogP contribution in [0.1, 0.15) is 16.8 Å². The normalized spacial score (nSPS) is 11.8. The lowest BCUT2D eigenvalue weighted by Crippen LogP contribution is -2.13. The van der Waals surface area contributed by atoms with Crippen LogP contribution in [0.25, 0.3) is 0 Å². The van der Waals surface area contributed by atoms with Gasteiger partial charge >= 0.3 is 6.18 Å². The maximum atomic E-state index is 12.7. The zero-order chi connectivity index (χ0) is 14.0. The van der Waals surface area contributed by atoms with E-state index >= 15 is 0 Å². The van der Waals surface area contributed by atoms with Gasteiger partial charge in [0, 0.05) is 11.3 Å². The fourth-order valence-electron chi connectivity index (χ4n) is 1.74. The second-order valence-electron chi connectivity index (χ2n) is 3.96. The number of aromatic amines is 2. The molecule has 3 nitrogen and oxygen atoms in total. The zero-order valence-electron chi connectivity index (χ0n) is 9.97. The quantitative estimate of drug-likeness (QED) is 0.853. The summed E-state index contributed by atoms with van der Waals surface area (Å²) in [5, 5.41) is 3.87. The molecule has 0 amide bonds. The van der Waals surface area contributed by atoms with Crippen LogP contribution in [0.2, 0.25) is 0 Å². The lowest BCUT2D eigenvalue weighted by molar-refractivity contribution is -0.141. The molecule has 1 heterocycles. The van der Waals surface area contributed by atoms with Gasteiger partial charge in [-0.15, -0.1) is 11.8 Å². The lowest BCUT2D eigenvalue weighted by atomic mass is 10.1. The highest BCUT2D eigenvalue weighted by molar-refractivity contribution is 7.98. The standard InChI is InChI=1S/C12H11F3N2OS/c1-19-8-4-2-7(3-5-8)6-9-10(12(13,14)15)16-17-11(9)18/h2-5H,6H2,1H3,(H2,16,17,18). The SMILES string of the molecule is CSc1ccc(Cc2c(C(F)(F)F)[nH][nH]c2=O)cc1. The molecule has 0 fully saturated rings. The lowest BCUT2D eigenvalue weighted by Gasteiger charge is -2.06. The zero-order valence-corrected chi connectivity index (χ0v) is 10.8. The molecule has 2 rings (SSSR count). The molecule has 0 aliphatic rings. The van der Waals surface area contributed by atoms with Crippen molar-refractivity contribution in [3.05, 3.63) is 51.4 Å². The van der Waals surface area contributed by atoms with E-state index in [-0.39, 0.29) is 12.0 Å². The number of halogens is 3. The summed E-state index contributed by atoms with van der Waals surface area (Å²) in [6.07, 6.45) is -2.70. The van der Waals surface area contributed by atoms with Crippen molar-refractivity contribution in [1.29, 1.82) is 0 Å². The summed E-state index contributed by atoms with van der Waals surface area (Å²) in [7, 11) is 0. The van der Waals surface area contributed by atoms with Gasteiger partial charge in [-0.1, -0.05) is 12.1 Å². The highest BCUT2D eigenvalue weighted by Crippen LogP contribution is 2.29. The van der Waals surface area contributed by atoms with E-state index in [4.69, 9.17) is 0 Å². The Balaban J connectivity index is 2.32. The first kappa shape index (κ1) is 13.8. The second-order valence-corrected chi connectivity index (χ2v) is 4.83. The molecule has 0 radical (unpaired) electrons. The summed E-state index contributed by atoms with van der Waals surface area (Å²) >= 11 is 1.54. The maximum absolute atomic E-state index is 12.7. The Morgan fingerprint density at radius 3 is 2.32 bits per heavy atom. The van der Waals surface area contributed by atoms with E-state index in [9.17, 15) is 18.0 Å². The number of hydrogen-bond donors (Lipinski definition) is 2. The van der Waals surface area contributed by atoms with Gasteiger partial charge in [-0.2, -0.15) is 13.2 Å². The number of alkyl halides is 3. The molecule has 1 aromatic heterocycles. The minimum Gasteiger partial charge on any atom is -0.293 e. The third-order valence-corrected chi connectivity index (χ3v) is 3.44. The Hall–Kier alpha value is -1.63. The van der Waals surface area contributed by atoms with Crippen molar-refractivity contribution in [2.24, 2.45) is 0 Å². The summed E-state index contributed by atoms with van der Waals surface area (Å²) in [4.78, 5) is 12.4. The van der Waals surface area contributed by atoms with Gasteiger partial charge in [0.05, 0.1) is 5.56 Å². The highest BCUT2D eigenvalue weighted by Gasteiger charge is 2.36. The van der Waals surface area contributed by atoms with Crippen LogP contribution in [-0.4, -0.2) is 16.5 Å². The van der Waals surface area contributed by atoms with E-state index in [0.29, 0.717) is 5.56 Å². The summed E-state index contributed by atoms with van der Waals surface area (Å²) < 4.78 is 38.1. The van der Waals surface area contributed by atoms with Crippen molar-refractivity contribution < 1.29 is 13.2 Å². The third kappa shape index (κ3) is 3.04. The first-order chi connectivity index (χ1) is 8.91. The second kappa shape index (κ2) is 5.16. The van der Waals surface area contributed by atoms with Crippen LogP contribution in [0.5, 0.6) is 0 Å². The van der Waals surface area contributed by atoms with Crippen molar-refractivity contribution in [3.8, 4) is 0 Å². The van der Waals surface area contributed by atoms with Crippen molar-refractivity contribution in [2.45, 2.75) is 17.5 Å². The predicted octanol–water partition coefficient (Wildman–Crippen LogP) is 3.03. The molecule has 0 spiro atoms. The highest BCUT2D eigenvalue weighted by atomic mass is 32.2. The molecular formula is C12H11F3N2OS. The summed E-state index contributed by atoms with van der Waals surface area (Å²) in [5.41, 5.74) is -1.37.